The molecule has 38 heavy (non-hydrogen) atoms. The monoisotopic (exact) mass is 534 g/mol. The number of piperazine rings is 1. The van der Waals surface area contributed by atoms with Gasteiger partial charge in [0, 0.05) is 60.6 Å². The lowest BCUT2D eigenvalue weighted by Crippen LogP contribution is -2.51. The quantitative estimate of drug-likeness (QED) is 0.378. The summed E-state index contributed by atoms with van der Waals surface area (Å²) in [5, 5.41) is 6.32. The van der Waals surface area contributed by atoms with Gasteiger partial charge < -0.3 is 19.9 Å². The molecule has 196 valence electrons. The third kappa shape index (κ3) is 5.72. The van der Waals surface area contributed by atoms with Crippen LogP contribution in [0, 0.1) is 5.82 Å². The Hall–Kier alpha value is -4.12. The second-order valence-corrected chi connectivity index (χ2v) is 10.8. The van der Waals surface area contributed by atoms with Crippen molar-refractivity contribution in [1.29, 1.82) is 0 Å². The van der Waals surface area contributed by atoms with E-state index in [1.165, 1.54) is 23.5 Å². The fraction of sp³-hybridized carbons (Fsp3) is 0.296. The number of thiazole rings is 1. The summed E-state index contributed by atoms with van der Waals surface area (Å²) in [5.74, 6) is -0.253. The van der Waals surface area contributed by atoms with Gasteiger partial charge in [-0.2, -0.15) is 0 Å². The standard InChI is InChI=1S/C27H27FN6O3S/c1-27(2,3)37-26(36)34-10-8-33(9-11-34)24(35)21-15-22-17(13-20(21)23-29-7-12-38-23)16-30-25(32-22)31-19-6-4-5-18(28)14-19/h4-7,12-16H,8-11H2,1-3H3,(H,30,31,32). The number of anilines is 2. The van der Waals surface area contributed by atoms with Gasteiger partial charge in [0.1, 0.15) is 16.4 Å². The summed E-state index contributed by atoms with van der Waals surface area (Å²) in [7, 11) is 0. The van der Waals surface area contributed by atoms with Crippen LogP contribution in [0.2, 0.25) is 0 Å². The van der Waals surface area contributed by atoms with Crippen molar-refractivity contribution in [2.75, 3.05) is 31.5 Å². The molecule has 1 fully saturated rings. The first-order valence-electron chi connectivity index (χ1n) is 12.2. The maximum Gasteiger partial charge on any atom is 0.410 e. The molecule has 0 spiro atoms. The Morgan fingerprint density at radius 3 is 2.50 bits per heavy atom. The third-order valence-electron chi connectivity index (χ3n) is 5.91. The van der Waals surface area contributed by atoms with E-state index in [9.17, 15) is 14.0 Å². The smallest absolute Gasteiger partial charge is 0.410 e. The van der Waals surface area contributed by atoms with Crippen LogP contribution in [0.15, 0.2) is 54.2 Å². The summed E-state index contributed by atoms with van der Waals surface area (Å²) < 4.78 is 19.1. The van der Waals surface area contributed by atoms with E-state index < -0.39 is 5.60 Å². The second kappa shape index (κ2) is 10.3. The summed E-state index contributed by atoms with van der Waals surface area (Å²) in [5.41, 5.74) is 1.66. The first kappa shape index (κ1) is 25.5. The average Bonchev–Trinajstić information content (AvgIpc) is 3.42. The fourth-order valence-corrected chi connectivity index (χ4v) is 4.80. The van der Waals surface area contributed by atoms with Crippen LogP contribution in [-0.4, -0.2) is 68.5 Å². The predicted molar refractivity (Wildman–Crippen MR) is 144 cm³/mol. The van der Waals surface area contributed by atoms with Crippen molar-refractivity contribution in [2.24, 2.45) is 0 Å². The van der Waals surface area contributed by atoms with Gasteiger partial charge in [-0.3, -0.25) is 4.79 Å². The number of carbonyl (C=O) groups is 2. The van der Waals surface area contributed by atoms with E-state index in [0.717, 1.165) is 5.39 Å². The number of nitrogens with one attached hydrogen (secondary N) is 1. The molecule has 2 amide bonds. The first-order chi connectivity index (χ1) is 18.2. The lowest BCUT2D eigenvalue weighted by atomic mass is 10.0. The number of ether oxygens (including phenoxy) is 1. The summed E-state index contributed by atoms with van der Waals surface area (Å²) in [4.78, 5) is 42.9. The van der Waals surface area contributed by atoms with Crippen LogP contribution in [0.5, 0.6) is 0 Å². The average molecular weight is 535 g/mol. The van der Waals surface area contributed by atoms with Gasteiger partial charge >= 0.3 is 6.09 Å². The molecule has 0 saturated carbocycles. The van der Waals surface area contributed by atoms with Gasteiger partial charge in [0.15, 0.2) is 0 Å². The van der Waals surface area contributed by atoms with Crippen molar-refractivity contribution in [3.05, 3.63) is 65.6 Å². The number of fused-ring (bicyclic) bond motifs is 1. The van der Waals surface area contributed by atoms with E-state index in [1.807, 2.05) is 32.2 Å². The SMILES string of the molecule is CC(C)(C)OC(=O)N1CCN(C(=O)c2cc3nc(Nc4cccc(F)c4)ncc3cc2-c2nccs2)CC1. The van der Waals surface area contributed by atoms with E-state index in [-0.39, 0.29) is 23.8 Å². The second-order valence-electron chi connectivity index (χ2n) is 9.88. The molecule has 0 aliphatic carbocycles. The Morgan fingerprint density at radius 2 is 1.82 bits per heavy atom. The number of rotatable bonds is 4. The highest BCUT2D eigenvalue weighted by molar-refractivity contribution is 7.13. The van der Waals surface area contributed by atoms with E-state index in [2.05, 4.69) is 20.3 Å². The minimum atomic E-state index is -0.581. The van der Waals surface area contributed by atoms with Crippen LogP contribution in [0.25, 0.3) is 21.5 Å². The highest BCUT2D eigenvalue weighted by atomic mass is 32.1. The number of carbonyl (C=O) groups excluding carboxylic acids is 2. The number of aromatic nitrogens is 3. The number of benzene rings is 2. The van der Waals surface area contributed by atoms with Gasteiger partial charge in [0.25, 0.3) is 5.91 Å². The van der Waals surface area contributed by atoms with Crippen molar-refractivity contribution in [3.63, 3.8) is 0 Å². The lowest BCUT2D eigenvalue weighted by molar-refractivity contribution is 0.0141. The zero-order valence-corrected chi connectivity index (χ0v) is 22.1. The van der Waals surface area contributed by atoms with Crippen molar-refractivity contribution < 1.29 is 18.7 Å². The highest BCUT2D eigenvalue weighted by Gasteiger charge is 2.29. The molecule has 3 heterocycles. The molecular weight excluding hydrogens is 507 g/mol. The Kier molecular flexibility index (Phi) is 6.94. The van der Waals surface area contributed by atoms with E-state index in [4.69, 9.17) is 4.74 Å². The van der Waals surface area contributed by atoms with Crippen molar-refractivity contribution in [1.82, 2.24) is 24.8 Å². The maximum absolute atomic E-state index is 13.7. The Morgan fingerprint density at radius 1 is 1.05 bits per heavy atom. The maximum atomic E-state index is 13.7. The zero-order valence-electron chi connectivity index (χ0n) is 21.3. The number of nitrogens with zero attached hydrogens (tertiary/aromatic N) is 5. The lowest BCUT2D eigenvalue weighted by Gasteiger charge is -2.35. The molecule has 9 nitrogen and oxygen atoms in total. The summed E-state index contributed by atoms with van der Waals surface area (Å²) in [6.07, 6.45) is 2.98. The molecule has 0 unspecified atom stereocenters. The van der Waals surface area contributed by atoms with Crippen LogP contribution in [0.1, 0.15) is 31.1 Å². The van der Waals surface area contributed by atoms with Gasteiger partial charge in [0.2, 0.25) is 5.95 Å². The Labute approximate surface area is 223 Å². The van der Waals surface area contributed by atoms with Crippen molar-refractivity contribution in [2.45, 2.75) is 26.4 Å². The number of hydrogen-bond acceptors (Lipinski definition) is 8. The highest BCUT2D eigenvalue weighted by Crippen LogP contribution is 2.31. The van der Waals surface area contributed by atoms with E-state index in [0.29, 0.717) is 53.5 Å². The molecule has 1 saturated heterocycles. The molecule has 1 N–H and O–H groups in total. The predicted octanol–water partition coefficient (Wildman–Crippen LogP) is 5.33. The molecule has 4 aromatic rings. The summed E-state index contributed by atoms with van der Waals surface area (Å²) in [6, 6.07) is 9.63. The molecule has 0 atom stereocenters. The van der Waals surface area contributed by atoms with Crippen LogP contribution in [0.3, 0.4) is 0 Å². The molecule has 2 aromatic heterocycles. The molecule has 2 aromatic carbocycles. The van der Waals surface area contributed by atoms with Gasteiger partial charge in [-0.1, -0.05) is 6.07 Å². The Balaban J connectivity index is 1.42. The largest absolute Gasteiger partial charge is 0.444 e. The van der Waals surface area contributed by atoms with Crippen LogP contribution < -0.4 is 5.32 Å². The van der Waals surface area contributed by atoms with Gasteiger partial charge in [-0.25, -0.2) is 24.1 Å². The molecular formula is C27H27FN6O3S. The normalized spacial score (nSPS) is 14.0. The topological polar surface area (TPSA) is 101 Å². The molecule has 1 aliphatic heterocycles. The molecule has 0 bridgehead atoms. The minimum Gasteiger partial charge on any atom is -0.444 e. The van der Waals surface area contributed by atoms with Crippen molar-refractivity contribution in [3.8, 4) is 10.6 Å². The number of hydrogen-bond donors (Lipinski definition) is 1. The summed E-state index contributed by atoms with van der Waals surface area (Å²) in [6.45, 7) is 7.00. The van der Waals surface area contributed by atoms with Crippen LogP contribution in [-0.2, 0) is 4.74 Å². The zero-order chi connectivity index (χ0) is 26.9. The van der Waals surface area contributed by atoms with Gasteiger partial charge in [-0.15, -0.1) is 11.3 Å². The van der Waals surface area contributed by atoms with E-state index in [1.54, 1.807) is 40.4 Å². The van der Waals surface area contributed by atoms with Crippen LogP contribution >= 0.6 is 11.3 Å². The summed E-state index contributed by atoms with van der Waals surface area (Å²) >= 11 is 1.44. The van der Waals surface area contributed by atoms with Crippen molar-refractivity contribution >= 4 is 45.9 Å². The molecule has 11 heteroatoms. The minimum absolute atomic E-state index is 0.167. The van der Waals surface area contributed by atoms with Crippen LogP contribution in [0.4, 0.5) is 20.8 Å². The number of amides is 2. The molecule has 5 rings (SSSR count). The fourth-order valence-electron chi connectivity index (χ4n) is 4.13. The van der Waals surface area contributed by atoms with Gasteiger partial charge in [-0.05, 0) is 51.1 Å². The van der Waals surface area contributed by atoms with Gasteiger partial charge in [0.05, 0.1) is 11.1 Å². The molecule has 0 radical (unpaired) electrons. The first-order valence-corrected chi connectivity index (χ1v) is 13.0. The number of halogens is 1. The third-order valence-corrected chi connectivity index (χ3v) is 6.72. The molecule has 1 aliphatic rings. The Bertz CT molecular complexity index is 1480. The van der Waals surface area contributed by atoms with E-state index >= 15 is 0 Å².